The number of anilines is 1. The van der Waals surface area contributed by atoms with Gasteiger partial charge in [0.25, 0.3) is 0 Å². The van der Waals surface area contributed by atoms with Crippen LogP contribution in [-0.4, -0.2) is 9.13 Å². The molecule has 3 heterocycles. The van der Waals surface area contributed by atoms with Crippen molar-refractivity contribution in [3.8, 4) is 11.4 Å². The summed E-state index contributed by atoms with van der Waals surface area (Å²) < 4.78 is 17.6. The molecule has 5 rings (SSSR count). The van der Waals surface area contributed by atoms with E-state index in [1.54, 1.807) is 0 Å². The molecule has 0 saturated carbocycles. The Bertz CT molecular complexity index is 1030. The summed E-state index contributed by atoms with van der Waals surface area (Å²) in [4.78, 5) is 0. The monoisotopic (exact) mass is 329 g/mol. The van der Waals surface area contributed by atoms with E-state index in [0.717, 1.165) is 28.3 Å². The molecule has 0 fully saturated rings. The maximum Gasteiger partial charge on any atom is 0.123 e. The van der Waals surface area contributed by atoms with Gasteiger partial charge in [-0.2, -0.15) is 0 Å². The van der Waals surface area contributed by atoms with Gasteiger partial charge in [-0.1, -0.05) is 12.1 Å². The second-order valence-corrected chi connectivity index (χ2v) is 6.22. The van der Waals surface area contributed by atoms with Gasteiger partial charge in [-0.15, -0.1) is 0 Å². The zero-order valence-corrected chi connectivity index (χ0v) is 13.4. The van der Waals surface area contributed by atoms with Crippen molar-refractivity contribution in [2.45, 2.75) is 6.04 Å². The molecule has 0 bridgehead atoms. The molecule has 4 aromatic rings. The lowest BCUT2D eigenvalue weighted by atomic mass is 10.0. The topological polar surface area (TPSA) is 21.9 Å². The fourth-order valence-electron chi connectivity index (χ4n) is 3.50. The van der Waals surface area contributed by atoms with Crippen molar-refractivity contribution in [3.05, 3.63) is 102 Å². The first-order valence-electron chi connectivity index (χ1n) is 8.27. The van der Waals surface area contributed by atoms with E-state index >= 15 is 0 Å². The lowest BCUT2D eigenvalue weighted by molar-refractivity contribution is 0.626. The van der Waals surface area contributed by atoms with E-state index in [4.69, 9.17) is 0 Å². The molecule has 0 saturated heterocycles. The van der Waals surface area contributed by atoms with Gasteiger partial charge < -0.3 is 14.5 Å². The second kappa shape index (κ2) is 5.38. The van der Waals surface area contributed by atoms with Gasteiger partial charge >= 0.3 is 0 Å². The largest absolute Gasteiger partial charge is 0.371 e. The van der Waals surface area contributed by atoms with Crippen LogP contribution in [0.15, 0.2) is 85.3 Å². The van der Waals surface area contributed by atoms with Crippen molar-refractivity contribution in [3.63, 3.8) is 0 Å². The predicted molar refractivity (Wildman–Crippen MR) is 97.0 cm³/mol. The second-order valence-electron chi connectivity index (χ2n) is 6.22. The number of fused-ring (bicyclic) bond motifs is 3. The van der Waals surface area contributed by atoms with E-state index in [1.807, 2.05) is 42.7 Å². The minimum atomic E-state index is -0.216. The van der Waals surface area contributed by atoms with E-state index in [1.165, 1.54) is 12.1 Å². The van der Waals surface area contributed by atoms with Crippen LogP contribution in [0.1, 0.15) is 17.3 Å². The number of halogens is 1. The highest BCUT2D eigenvalue weighted by atomic mass is 19.1. The van der Waals surface area contributed by atoms with Crippen molar-refractivity contribution in [1.29, 1.82) is 0 Å². The zero-order valence-electron chi connectivity index (χ0n) is 13.4. The third kappa shape index (κ3) is 2.26. The van der Waals surface area contributed by atoms with E-state index in [-0.39, 0.29) is 11.9 Å². The molecular weight excluding hydrogens is 313 g/mol. The molecule has 3 nitrogen and oxygen atoms in total. The summed E-state index contributed by atoms with van der Waals surface area (Å²) in [5, 5.41) is 3.59. The SMILES string of the molecule is Fc1ccc(C2Nc3ccc(-n4cccc4)cc3-n3cccc32)cc1. The van der Waals surface area contributed by atoms with Crippen LogP contribution in [0, 0.1) is 5.82 Å². The van der Waals surface area contributed by atoms with Crippen LogP contribution in [0.5, 0.6) is 0 Å². The highest BCUT2D eigenvalue weighted by Crippen LogP contribution is 2.37. The van der Waals surface area contributed by atoms with Crippen LogP contribution in [0.4, 0.5) is 10.1 Å². The van der Waals surface area contributed by atoms with Crippen LogP contribution in [-0.2, 0) is 0 Å². The number of benzene rings is 2. The fraction of sp³-hybridized carbons (Fsp3) is 0.0476. The third-order valence-electron chi connectivity index (χ3n) is 4.72. The fourth-order valence-corrected chi connectivity index (χ4v) is 3.50. The molecule has 2 aromatic heterocycles. The summed E-state index contributed by atoms with van der Waals surface area (Å²) in [6, 6.07) is 21.3. The van der Waals surface area contributed by atoms with Gasteiger partial charge in [-0.25, -0.2) is 4.39 Å². The Morgan fingerprint density at radius 1 is 0.840 bits per heavy atom. The summed E-state index contributed by atoms with van der Waals surface area (Å²) in [6.07, 6.45) is 6.15. The van der Waals surface area contributed by atoms with Crippen molar-refractivity contribution in [1.82, 2.24) is 9.13 Å². The highest BCUT2D eigenvalue weighted by Gasteiger charge is 2.25. The molecule has 4 heteroatoms. The molecule has 1 aliphatic rings. The number of nitrogens with zero attached hydrogens (tertiary/aromatic N) is 2. The standard InChI is InChI=1S/C21H16FN3/c22-16-7-5-15(6-8-16)21-19-4-3-13-25(19)20-14-17(9-10-18(20)23-21)24-11-1-2-12-24/h1-14,21,23H. The van der Waals surface area contributed by atoms with Gasteiger partial charge in [-0.3, -0.25) is 0 Å². The molecule has 0 aliphatic carbocycles. The molecule has 1 atom stereocenters. The molecule has 1 aliphatic heterocycles. The van der Waals surface area contributed by atoms with Crippen LogP contribution < -0.4 is 5.32 Å². The van der Waals surface area contributed by atoms with Crippen LogP contribution >= 0.6 is 0 Å². The maximum absolute atomic E-state index is 13.3. The molecular formula is C21H16FN3. The van der Waals surface area contributed by atoms with E-state index in [0.29, 0.717) is 0 Å². The Labute approximate surface area is 145 Å². The average Bonchev–Trinajstić information content (AvgIpc) is 3.33. The first kappa shape index (κ1) is 14.1. The molecule has 1 unspecified atom stereocenters. The summed E-state index contributed by atoms with van der Waals surface area (Å²) in [5.74, 6) is -0.216. The lowest BCUT2D eigenvalue weighted by Gasteiger charge is -2.30. The summed E-state index contributed by atoms with van der Waals surface area (Å²) >= 11 is 0. The quantitative estimate of drug-likeness (QED) is 0.554. The molecule has 122 valence electrons. The number of hydrogen-bond acceptors (Lipinski definition) is 1. The predicted octanol–water partition coefficient (Wildman–Crippen LogP) is 4.92. The minimum Gasteiger partial charge on any atom is -0.371 e. The zero-order chi connectivity index (χ0) is 16.8. The Kier molecular flexibility index (Phi) is 3.04. The van der Waals surface area contributed by atoms with Gasteiger partial charge in [0.1, 0.15) is 5.82 Å². The van der Waals surface area contributed by atoms with Gasteiger partial charge in [0.15, 0.2) is 0 Å². The first-order valence-corrected chi connectivity index (χ1v) is 8.27. The minimum absolute atomic E-state index is 0.000489. The number of rotatable bonds is 2. The molecule has 0 radical (unpaired) electrons. The van der Waals surface area contributed by atoms with Crippen molar-refractivity contribution < 1.29 is 4.39 Å². The molecule has 0 amide bonds. The Morgan fingerprint density at radius 2 is 1.64 bits per heavy atom. The summed E-state index contributed by atoms with van der Waals surface area (Å²) in [5.41, 5.74) is 5.48. The summed E-state index contributed by atoms with van der Waals surface area (Å²) in [6.45, 7) is 0. The van der Waals surface area contributed by atoms with Crippen molar-refractivity contribution in [2.24, 2.45) is 0 Å². The van der Waals surface area contributed by atoms with E-state index in [2.05, 4.69) is 44.9 Å². The average molecular weight is 329 g/mol. The van der Waals surface area contributed by atoms with Gasteiger partial charge in [0.05, 0.1) is 17.4 Å². The molecule has 2 aromatic carbocycles. The van der Waals surface area contributed by atoms with Gasteiger partial charge in [0, 0.05) is 30.0 Å². The Balaban J connectivity index is 1.62. The number of nitrogens with one attached hydrogen (secondary N) is 1. The van der Waals surface area contributed by atoms with Gasteiger partial charge in [0.2, 0.25) is 0 Å². The van der Waals surface area contributed by atoms with Crippen LogP contribution in [0.25, 0.3) is 11.4 Å². The smallest absolute Gasteiger partial charge is 0.123 e. The van der Waals surface area contributed by atoms with Crippen LogP contribution in [0.2, 0.25) is 0 Å². The Morgan fingerprint density at radius 3 is 2.44 bits per heavy atom. The van der Waals surface area contributed by atoms with Crippen LogP contribution in [0.3, 0.4) is 0 Å². The van der Waals surface area contributed by atoms with E-state index in [9.17, 15) is 4.39 Å². The Hall–Kier alpha value is -3.27. The van der Waals surface area contributed by atoms with Crippen molar-refractivity contribution >= 4 is 5.69 Å². The molecule has 25 heavy (non-hydrogen) atoms. The lowest BCUT2D eigenvalue weighted by Crippen LogP contribution is -2.22. The third-order valence-corrected chi connectivity index (χ3v) is 4.72. The molecule has 0 spiro atoms. The van der Waals surface area contributed by atoms with E-state index < -0.39 is 0 Å². The van der Waals surface area contributed by atoms with Crippen molar-refractivity contribution in [2.75, 3.05) is 5.32 Å². The number of hydrogen-bond donors (Lipinski definition) is 1. The highest BCUT2D eigenvalue weighted by molar-refractivity contribution is 5.69. The number of aromatic nitrogens is 2. The molecule has 1 N–H and O–H groups in total. The first-order chi connectivity index (χ1) is 12.3. The normalized spacial score (nSPS) is 15.3. The summed E-state index contributed by atoms with van der Waals surface area (Å²) in [7, 11) is 0. The van der Waals surface area contributed by atoms with Gasteiger partial charge in [-0.05, 0) is 60.2 Å². The maximum atomic E-state index is 13.3.